The number of nitrogens with one attached hydrogen (secondary N) is 2. The Kier molecular flexibility index (Phi) is 4.16. The summed E-state index contributed by atoms with van der Waals surface area (Å²) in [6.45, 7) is 4.28. The van der Waals surface area contributed by atoms with Crippen LogP contribution in [0.3, 0.4) is 0 Å². The number of carbonyl (C=O) groups is 1. The van der Waals surface area contributed by atoms with E-state index in [9.17, 15) is 9.90 Å². The topological polar surface area (TPSA) is 78.0 Å². The van der Waals surface area contributed by atoms with Crippen molar-refractivity contribution in [3.8, 4) is 0 Å². The summed E-state index contributed by atoms with van der Waals surface area (Å²) in [6, 6.07) is 7.53. The number of amides is 1. The van der Waals surface area contributed by atoms with E-state index in [1.54, 1.807) is 6.92 Å². The van der Waals surface area contributed by atoms with Gasteiger partial charge in [0.1, 0.15) is 0 Å². The Labute approximate surface area is 112 Å². The minimum absolute atomic E-state index is 0.185. The number of nitrogens with zero attached hydrogens (tertiary/aromatic N) is 1. The average Bonchev–Trinajstić information content (AvgIpc) is 2.79. The van der Waals surface area contributed by atoms with Crippen molar-refractivity contribution in [2.75, 3.05) is 6.54 Å². The number of carbonyl (C=O) groups excluding carboxylic acids is 1. The zero-order chi connectivity index (χ0) is 13.8. The van der Waals surface area contributed by atoms with Crippen LogP contribution in [0.4, 0.5) is 0 Å². The monoisotopic (exact) mass is 261 g/mol. The lowest BCUT2D eigenvalue weighted by molar-refractivity contribution is 0.0936. The average molecular weight is 261 g/mol. The second-order valence-corrected chi connectivity index (χ2v) is 5.02. The number of rotatable bonds is 5. The zero-order valence-electron chi connectivity index (χ0n) is 11.2. The maximum Gasteiger partial charge on any atom is 0.272 e. The molecular weight excluding hydrogens is 242 g/mol. The van der Waals surface area contributed by atoms with Crippen LogP contribution in [0.2, 0.25) is 0 Å². The summed E-state index contributed by atoms with van der Waals surface area (Å²) in [4.78, 5) is 12.1. The van der Waals surface area contributed by atoms with Crippen LogP contribution in [0.15, 0.2) is 24.3 Å². The van der Waals surface area contributed by atoms with Crippen molar-refractivity contribution in [3.05, 3.63) is 30.0 Å². The van der Waals surface area contributed by atoms with Crippen LogP contribution in [-0.2, 0) is 0 Å². The normalized spacial score (nSPS) is 14.3. The molecule has 1 heterocycles. The number of para-hydroxylation sites is 1. The molecule has 0 saturated carbocycles. The van der Waals surface area contributed by atoms with Crippen molar-refractivity contribution in [2.24, 2.45) is 5.92 Å². The summed E-state index contributed by atoms with van der Waals surface area (Å²) >= 11 is 0. The Morgan fingerprint density at radius 3 is 2.89 bits per heavy atom. The molecule has 0 bridgehead atoms. The van der Waals surface area contributed by atoms with Gasteiger partial charge in [-0.3, -0.25) is 9.89 Å². The fraction of sp³-hybridized carbons (Fsp3) is 0.429. The first kappa shape index (κ1) is 13.5. The number of aliphatic hydroxyl groups is 1. The Hall–Kier alpha value is -1.88. The molecule has 19 heavy (non-hydrogen) atoms. The highest BCUT2D eigenvalue weighted by molar-refractivity contribution is 6.04. The molecule has 2 rings (SSSR count). The van der Waals surface area contributed by atoms with E-state index in [2.05, 4.69) is 15.5 Å². The van der Waals surface area contributed by atoms with Gasteiger partial charge in [0.2, 0.25) is 0 Å². The third-order valence-corrected chi connectivity index (χ3v) is 3.04. The lowest BCUT2D eigenvalue weighted by atomic mass is 10.0. The van der Waals surface area contributed by atoms with E-state index >= 15 is 0 Å². The highest BCUT2D eigenvalue weighted by Crippen LogP contribution is 2.15. The highest BCUT2D eigenvalue weighted by atomic mass is 16.3. The molecular formula is C14H19N3O2. The van der Waals surface area contributed by atoms with Gasteiger partial charge in [0.05, 0.1) is 11.6 Å². The minimum atomic E-state index is -0.349. The second-order valence-electron chi connectivity index (χ2n) is 5.02. The molecule has 0 fully saturated rings. The van der Waals surface area contributed by atoms with Crippen LogP contribution >= 0.6 is 0 Å². The van der Waals surface area contributed by atoms with Crippen molar-refractivity contribution >= 4 is 16.8 Å². The maximum absolute atomic E-state index is 12.1. The third-order valence-electron chi connectivity index (χ3n) is 3.04. The maximum atomic E-state index is 12.1. The van der Waals surface area contributed by atoms with E-state index in [4.69, 9.17) is 0 Å². The fourth-order valence-corrected chi connectivity index (χ4v) is 2.15. The van der Waals surface area contributed by atoms with Gasteiger partial charge in [-0.25, -0.2) is 0 Å². The molecule has 0 aliphatic carbocycles. The predicted octanol–water partition coefficient (Wildman–Crippen LogP) is 1.70. The van der Waals surface area contributed by atoms with Crippen molar-refractivity contribution in [1.29, 1.82) is 0 Å². The van der Waals surface area contributed by atoms with Gasteiger partial charge < -0.3 is 10.4 Å². The molecule has 0 spiro atoms. The Bertz CT molecular complexity index is 563. The number of hydrogen-bond acceptors (Lipinski definition) is 3. The van der Waals surface area contributed by atoms with E-state index in [0.717, 1.165) is 10.9 Å². The van der Waals surface area contributed by atoms with Crippen molar-refractivity contribution < 1.29 is 9.90 Å². The van der Waals surface area contributed by atoms with Crippen LogP contribution in [0.1, 0.15) is 30.8 Å². The molecule has 1 amide bonds. The fourth-order valence-electron chi connectivity index (χ4n) is 2.15. The van der Waals surface area contributed by atoms with Gasteiger partial charge in [-0.1, -0.05) is 25.1 Å². The summed E-state index contributed by atoms with van der Waals surface area (Å²) in [5, 5.41) is 19.8. The molecule has 5 nitrogen and oxygen atoms in total. The third kappa shape index (κ3) is 3.32. The van der Waals surface area contributed by atoms with Gasteiger partial charge in [0.15, 0.2) is 5.69 Å². The van der Waals surface area contributed by atoms with Crippen LogP contribution in [0.25, 0.3) is 10.9 Å². The number of fused-ring (bicyclic) bond motifs is 1. The van der Waals surface area contributed by atoms with Crippen molar-refractivity contribution in [3.63, 3.8) is 0 Å². The summed E-state index contributed by atoms with van der Waals surface area (Å²) in [5.41, 5.74) is 1.27. The first-order chi connectivity index (χ1) is 9.08. The lowest BCUT2D eigenvalue weighted by Crippen LogP contribution is -2.29. The van der Waals surface area contributed by atoms with Crippen LogP contribution in [0.5, 0.6) is 0 Å². The number of aromatic nitrogens is 2. The van der Waals surface area contributed by atoms with Crippen molar-refractivity contribution in [1.82, 2.24) is 15.5 Å². The molecule has 0 saturated heterocycles. The molecule has 102 valence electrons. The van der Waals surface area contributed by atoms with E-state index < -0.39 is 0 Å². The standard InChI is InChI=1S/C14H19N3O2/c1-9(7-10(2)18)8-15-14(19)13-11-5-3-4-6-12(11)16-17-13/h3-6,9-10,18H,7-8H2,1-2H3,(H,15,19)(H,16,17). The Balaban J connectivity index is 2.00. The van der Waals surface area contributed by atoms with Crippen LogP contribution < -0.4 is 5.32 Å². The molecule has 2 atom stereocenters. The molecule has 5 heteroatoms. The summed E-state index contributed by atoms with van der Waals surface area (Å²) in [5.74, 6) is 0.0454. The van der Waals surface area contributed by atoms with E-state index in [-0.39, 0.29) is 17.9 Å². The first-order valence-corrected chi connectivity index (χ1v) is 6.47. The minimum Gasteiger partial charge on any atom is -0.393 e. The summed E-state index contributed by atoms with van der Waals surface area (Å²) in [7, 11) is 0. The van der Waals surface area contributed by atoms with Gasteiger partial charge in [0.25, 0.3) is 5.91 Å². The second kappa shape index (κ2) is 5.84. The quantitative estimate of drug-likeness (QED) is 0.766. The van der Waals surface area contributed by atoms with E-state index in [1.165, 1.54) is 0 Å². The largest absolute Gasteiger partial charge is 0.393 e. The van der Waals surface area contributed by atoms with E-state index in [1.807, 2.05) is 31.2 Å². The summed E-state index contributed by atoms with van der Waals surface area (Å²) in [6.07, 6.45) is 0.319. The molecule has 2 aromatic rings. The molecule has 2 unspecified atom stereocenters. The van der Waals surface area contributed by atoms with Crippen LogP contribution in [-0.4, -0.2) is 33.9 Å². The zero-order valence-corrected chi connectivity index (χ0v) is 11.2. The molecule has 3 N–H and O–H groups in total. The van der Waals surface area contributed by atoms with E-state index in [0.29, 0.717) is 18.7 Å². The van der Waals surface area contributed by atoms with Crippen LogP contribution in [0, 0.1) is 5.92 Å². The van der Waals surface area contributed by atoms with Gasteiger partial charge in [-0.05, 0) is 25.3 Å². The number of aromatic amines is 1. The van der Waals surface area contributed by atoms with Gasteiger partial charge in [0, 0.05) is 11.9 Å². The smallest absolute Gasteiger partial charge is 0.272 e. The van der Waals surface area contributed by atoms with Gasteiger partial charge in [-0.2, -0.15) is 5.10 Å². The molecule has 1 aromatic heterocycles. The number of hydrogen-bond donors (Lipinski definition) is 3. The Morgan fingerprint density at radius 1 is 1.42 bits per heavy atom. The number of aliphatic hydroxyl groups excluding tert-OH is 1. The number of benzene rings is 1. The Morgan fingerprint density at radius 2 is 2.16 bits per heavy atom. The summed E-state index contributed by atoms with van der Waals surface area (Å²) < 4.78 is 0. The number of H-pyrrole nitrogens is 1. The van der Waals surface area contributed by atoms with Gasteiger partial charge in [-0.15, -0.1) is 0 Å². The van der Waals surface area contributed by atoms with Crippen molar-refractivity contribution in [2.45, 2.75) is 26.4 Å². The lowest BCUT2D eigenvalue weighted by Gasteiger charge is -2.13. The van der Waals surface area contributed by atoms with Gasteiger partial charge >= 0.3 is 0 Å². The molecule has 0 radical (unpaired) electrons. The predicted molar refractivity (Wildman–Crippen MR) is 73.9 cm³/mol. The molecule has 0 aliphatic heterocycles. The first-order valence-electron chi connectivity index (χ1n) is 6.47. The molecule has 1 aromatic carbocycles. The highest BCUT2D eigenvalue weighted by Gasteiger charge is 2.14. The SMILES string of the molecule is CC(O)CC(C)CNC(=O)c1n[nH]c2ccccc12. The molecule has 0 aliphatic rings.